The van der Waals surface area contributed by atoms with Crippen LogP contribution in [0.15, 0.2) is 71.3 Å². The van der Waals surface area contributed by atoms with Gasteiger partial charge in [0.05, 0.1) is 22.5 Å². The molecular formula is C31H33N5O2. The zero-order valence-electron chi connectivity index (χ0n) is 21.9. The fourth-order valence-electron chi connectivity index (χ4n) is 4.82. The summed E-state index contributed by atoms with van der Waals surface area (Å²) in [4.78, 5) is 24.6. The maximum absolute atomic E-state index is 11.7. The molecule has 0 saturated carbocycles. The molecule has 7 heteroatoms. The molecule has 2 aromatic carbocycles. The Morgan fingerprint density at radius 1 is 1.11 bits per heavy atom. The van der Waals surface area contributed by atoms with Gasteiger partial charge in [0.2, 0.25) is 0 Å². The molecule has 0 radical (unpaired) electrons. The van der Waals surface area contributed by atoms with Crippen molar-refractivity contribution in [3.8, 4) is 17.7 Å². The molecule has 2 aliphatic rings. The number of carbonyl (C=O) groups excluding carboxylic acids is 1. The normalized spacial score (nSPS) is 16.2. The van der Waals surface area contributed by atoms with Gasteiger partial charge in [-0.05, 0) is 68.8 Å². The molecule has 7 nitrogen and oxygen atoms in total. The summed E-state index contributed by atoms with van der Waals surface area (Å²) in [6, 6.07) is 14.0. The summed E-state index contributed by atoms with van der Waals surface area (Å²) in [5, 5.41) is 14.5. The Labute approximate surface area is 223 Å². The fourth-order valence-corrected chi connectivity index (χ4v) is 4.82. The van der Waals surface area contributed by atoms with Crippen LogP contribution in [-0.2, 0) is 4.79 Å². The molecule has 194 valence electrons. The molecular weight excluding hydrogens is 474 g/mol. The molecule has 5 rings (SSSR count). The van der Waals surface area contributed by atoms with E-state index < -0.39 is 0 Å². The van der Waals surface area contributed by atoms with E-state index in [9.17, 15) is 9.90 Å². The molecule has 0 bridgehead atoms. The topological polar surface area (TPSA) is 84.0 Å². The van der Waals surface area contributed by atoms with Gasteiger partial charge in [0, 0.05) is 55.3 Å². The van der Waals surface area contributed by atoms with Crippen LogP contribution in [0.25, 0.3) is 10.9 Å². The molecule has 1 aliphatic carbocycles. The maximum Gasteiger partial charge on any atom is 0.296 e. The molecule has 2 heterocycles. The minimum Gasteiger partial charge on any atom is -0.494 e. The van der Waals surface area contributed by atoms with Crippen LogP contribution >= 0.6 is 0 Å². The molecule has 1 fully saturated rings. The Hall–Kier alpha value is -4.28. The second-order valence-corrected chi connectivity index (χ2v) is 9.62. The number of amides is 1. The standard InChI is InChI=1S/C31H33N5O2/c1-3-32-28(37)16-10-22-9-15-26-27(21-22)34-31(38)29(26)30(23-7-5-4-6-8-23)33-24-11-13-25(14-12-24)36-19-17-35(2)18-20-36/h5,7-9,11-15,21,34,38H,3-4,6,17-20H2,1-2H3,(H,32,37). The number of aromatic hydroxyl groups is 1. The van der Waals surface area contributed by atoms with Crippen molar-refractivity contribution < 1.29 is 9.90 Å². The van der Waals surface area contributed by atoms with Gasteiger partial charge in [-0.25, -0.2) is 4.99 Å². The number of aromatic nitrogens is 1. The number of likely N-dealkylation sites (N-methyl/N-ethyl adjacent to an activating group) is 1. The minimum atomic E-state index is -0.313. The van der Waals surface area contributed by atoms with Gasteiger partial charge in [-0.3, -0.25) is 4.79 Å². The van der Waals surface area contributed by atoms with Crippen LogP contribution in [0.1, 0.15) is 30.9 Å². The number of carbonyl (C=O) groups is 1. The molecule has 0 unspecified atom stereocenters. The Bertz CT molecular complexity index is 1480. The van der Waals surface area contributed by atoms with E-state index in [4.69, 9.17) is 4.99 Å². The summed E-state index contributed by atoms with van der Waals surface area (Å²) in [6.45, 7) is 6.54. The van der Waals surface area contributed by atoms with Gasteiger partial charge in [0.1, 0.15) is 0 Å². The summed E-state index contributed by atoms with van der Waals surface area (Å²) in [6.07, 6.45) is 8.30. The number of allylic oxidation sites excluding steroid dienone is 4. The molecule has 1 aliphatic heterocycles. The van der Waals surface area contributed by atoms with Gasteiger partial charge in [-0.1, -0.05) is 30.2 Å². The highest BCUT2D eigenvalue weighted by Gasteiger charge is 2.20. The predicted octanol–water partition coefficient (Wildman–Crippen LogP) is 4.51. The summed E-state index contributed by atoms with van der Waals surface area (Å²) < 4.78 is 0. The van der Waals surface area contributed by atoms with Crippen molar-refractivity contribution in [2.24, 2.45) is 4.99 Å². The monoisotopic (exact) mass is 507 g/mol. The first kappa shape index (κ1) is 25.4. The molecule has 1 aromatic heterocycles. The molecule has 3 N–H and O–H groups in total. The first-order chi connectivity index (χ1) is 18.5. The smallest absolute Gasteiger partial charge is 0.296 e. The largest absolute Gasteiger partial charge is 0.494 e. The molecule has 1 saturated heterocycles. The van der Waals surface area contributed by atoms with E-state index in [2.05, 4.69) is 69.3 Å². The SMILES string of the molecule is CCNC(=O)C#Cc1ccc2c(C(=Nc3ccc(N4CCN(C)CC4)cc3)C3=CCCC=C3)c(O)[nH]c2c1. The summed E-state index contributed by atoms with van der Waals surface area (Å²) in [7, 11) is 2.16. The average Bonchev–Trinajstić information content (AvgIpc) is 3.26. The number of rotatable bonds is 5. The van der Waals surface area contributed by atoms with Gasteiger partial charge in [0.15, 0.2) is 5.88 Å². The Morgan fingerprint density at radius 3 is 2.61 bits per heavy atom. The molecule has 0 atom stereocenters. The van der Waals surface area contributed by atoms with Crippen LogP contribution in [-0.4, -0.2) is 66.4 Å². The van der Waals surface area contributed by atoms with Gasteiger partial charge >= 0.3 is 0 Å². The van der Waals surface area contributed by atoms with Gasteiger partial charge < -0.3 is 25.2 Å². The van der Waals surface area contributed by atoms with E-state index in [0.717, 1.165) is 66.9 Å². The van der Waals surface area contributed by atoms with Crippen LogP contribution < -0.4 is 10.2 Å². The van der Waals surface area contributed by atoms with Crippen LogP contribution in [0.5, 0.6) is 5.88 Å². The second kappa shape index (κ2) is 11.4. The minimum absolute atomic E-state index is 0.0570. The predicted molar refractivity (Wildman–Crippen MR) is 154 cm³/mol. The lowest BCUT2D eigenvalue weighted by Crippen LogP contribution is -2.44. The summed E-state index contributed by atoms with van der Waals surface area (Å²) >= 11 is 0. The van der Waals surface area contributed by atoms with Crippen molar-refractivity contribution >= 4 is 33.9 Å². The maximum atomic E-state index is 11.7. The first-order valence-corrected chi connectivity index (χ1v) is 13.2. The lowest BCUT2D eigenvalue weighted by molar-refractivity contribution is -0.115. The Balaban J connectivity index is 1.50. The molecule has 1 amide bonds. The molecule has 3 aromatic rings. The van der Waals surface area contributed by atoms with Crippen molar-refractivity contribution in [3.05, 3.63) is 77.4 Å². The van der Waals surface area contributed by atoms with Crippen molar-refractivity contribution in [2.75, 3.05) is 44.7 Å². The van der Waals surface area contributed by atoms with Crippen molar-refractivity contribution in [2.45, 2.75) is 19.8 Å². The molecule has 38 heavy (non-hydrogen) atoms. The third-order valence-corrected chi connectivity index (χ3v) is 6.90. The van der Waals surface area contributed by atoms with E-state index in [1.807, 2.05) is 37.3 Å². The highest BCUT2D eigenvalue weighted by molar-refractivity contribution is 6.23. The van der Waals surface area contributed by atoms with E-state index in [0.29, 0.717) is 17.7 Å². The van der Waals surface area contributed by atoms with E-state index in [1.165, 1.54) is 5.69 Å². The highest BCUT2D eigenvalue weighted by Crippen LogP contribution is 2.33. The average molecular weight is 508 g/mol. The number of hydrogen-bond acceptors (Lipinski definition) is 5. The third kappa shape index (κ3) is 5.66. The van der Waals surface area contributed by atoms with Gasteiger partial charge in [-0.15, -0.1) is 0 Å². The van der Waals surface area contributed by atoms with Gasteiger partial charge in [0.25, 0.3) is 5.91 Å². The third-order valence-electron chi connectivity index (χ3n) is 6.90. The number of aromatic amines is 1. The first-order valence-electron chi connectivity index (χ1n) is 13.2. The van der Waals surface area contributed by atoms with E-state index in [-0.39, 0.29) is 11.8 Å². The fraction of sp³-hybridized carbons (Fsp3) is 0.290. The lowest BCUT2D eigenvalue weighted by atomic mass is 9.96. The van der Waals surface area contributed by atoms with Crippen LogP contribution in [0.3, 0.4) is 0 Å². The number of anilines is 1. The molecule has 0 spiro atoms. The number of nitrogens with zero attached hydrogens (tertiary/aromatic N) is 3. The number of nitrogens with one attached hydrogen (secondary N) is 2. The Morgan fingerprint density at radius 2 is 1.89 bits per heavy atom. The van der Waals surface area contributed by atoms with Crippen LogP contribution in [0.2, 0.25) is 0 Å². The van der Waals surface area contributed by atoms with Crippen LogP contribution in [0, 0.1) is 11.8 Å². The second-order valence-electron chi connectivity index (χ2n) is 9.62. The lowest BCUT2D eigenvalue weighted by Gasteiger charge is -2.34. The zero-order valence-corrected chi connectivity index (χ0v) is 21.9. The number of H-pyrrole nitrogens is 1. The Kier molecular flexibility index (Phi) is 7.62. The van der Waals surface area contributed by atoms with Crippen molar-refractivity contribution in [1.82, 2.24) is 15.2 Å². The van der Waals surface area contributed by atoms with E-state index >= 15 is 0 Å². The number of hydrogen-bond donors (Lipinski definition) is 3. The highest BCUT2D eigenvalue weighted by atomic mass is 16.3. The van der Waals surface area contributed by atoms with E-state index in [1.54, 1.807) is 0 Å². The summed E-state index contributed by atoms with van der Waals surface area (Å²) in [5.41, 5.74) is 5.81. The van der Waals surface area contributed by atoms with Crippen LogP contribution in [0.4, 0.5) is 11.4 Å². The quantitative estimate of drug-likeness (QED) is 0.351. The van der Waals surface area contributed by atoms with Crippen molar-refractivity contribution in [1.29, 1.82) is 0 Å². The van der Waals surface area contributed by atoms with Crippen molar-refractivity contribution in [3.63, 3.8) is 0 Å². The number of piperazine rings is 1. The zero-order chi connectivity index (χ0) is 26.5. The number of benzene rings is 2. The summed E-state index contributed by atoms with van der Waals surface area (Å²) in [5.74, 6) is 5.24. The van der Waals surface area contributed by atoms with Gasteiger partial charge in [-0.2, -0.15) is 0 Å². The number of fused-ring (bicyclic) bond motifs is 1. The number of aliphatic imine (C=N–C) groups is 1.